The Kier molecular flexibility index (Phi) is 7.44. The summed E-state index contributed by atoms with van der Waals surface area (Å²) in [5.74, 6) is -0.0482. The molecule has 0 aliphatic carbocycles. The van der Waals surface area contributed by atoms with Crippen molar-refractivity contribution in [3.05, 3.63) is 53.6 Å². The molecule has 0 fully saturated rings. The lowest BCUT2D eigenvalue weighted by atomic mass is 10.1. The van der Waals surface area contributed by atoms with Crippen LogP contribution in [0.1, 0.15) is 36.7 Å². The largest absolute Gasteiger partial charge is 0.377 e. The maximum atomic E-state index is 12.9. The summed E-state index contributed by atoms with van der Waals surface area (Å²) in [5.41, 5.74) is 3.89. The van der Waals surface area contributed by atoms with Crippen LogP contribution in [0.4, 0.5) is 21.9 Å². The van der Waals surface area contributed by atoms with Gasteiger partial charge in [0, 0.05) is 44.2 Å². The van der Waals surface area contributed by atoms with Crippen LogP contribution < -0.4 is 15.5 Å². The molecule has 0 radical (unpaired) electrons. The zero-order valence-corrected chi connectivity index (χ0v) is 17.4. The fraction of sp³-hybridized carbons (Fsp3) is 0.364. The normalized spacial score (nSPS) is 10.3. The van der Waals surface area contributed by atoms with E-state index < -0.39 is 0 Å². The van der Waals surface area contributed by atoms with Crippen LogP contribution in [0.25, 0.3) is 0 Å². The lowest BCUT2D eigenvalue weighted by Crippen LogP contribution is -2.32. The Bertz CT molecular complexity index is 812. The lowest BCUT2D eigenvalue weighted by Gasteiger charge is -2.23. The highest BCUT2D eigenvalue weighted by Gasteiger charge is 2.19. The van der Waals surface area contributed by atoms with Crippen molar-refractivity contribution in [2.75, 3.05) is 42.7 Å². The van der Waals surface area contributed by atoms with Crippen molar-refractivity contribution in [2.24, 2.45) is 0 Å². The minimum absolute atomic E-state index is 0.0482. The molecule has 28 heavy (non-hydrogen) atoms. The number of carbonyl (C=O) groups excluding carboxylic acids is 2. The summed E-state index contributed by atoms with van der Waals surface area (Å²) in [6, 6.07) is 12.8. The SMILES string of the molecule is CCc1ccc(NC(=O)Nc2ccc(N(C)C)c(C(=O)N(CC)CC)c2)cc1. The molecule has 150 valence electrons. The molecule has 0 aromatic heterocycles. The maximum absolute atomic E-state index is 12.9. The third-order valence-corrected chi connectivity index (χ3v) is 4.64. The molecule has 0 aliphatic heterocycles. The van der Waals surface area contributed by atoms with E-state index in [0.29, 0.717) is 24.3 Å². The second kappa shape index (κ2) is 9.78. The van der Waals surface area contributed by atoms with E-state index in [-0.39, 0.29) is 11.9 Å². The van der Waals surface area contributed by atoms with Crippen LogP contribution in [0.2, 0.25) is 0 Å². The third kappa shape index (κ3) is 5.25. The lowest BCUT2D eigenvalue weighted by molar-refractivity contribution is 0.0773. The van der Waals surface area contributed by atoms with Crippen LogP contribution in [-0.2, 0) is 6.42 Å². The minimum atomic E-state index is -0.344. The number of urea groups is 1. The zero-order chi connectivity index (χ0) is 20.7. The van der Waals surface area contributed by atoms with Crippen molar-refractivity contribution < 1.29 is 9.59 Å². The van der Waals surface area contributed by atoms with Gasteiger partial charge >= 0.3 is 6.03 Å². The van der Waals surface area contributed by atoms with E-state index in [4.69, 9.17) is 0 Å². The molecule has 2 aromatic carbocycles. The Balaban J connectivity index is 2.19. The molecule has 0 spiro atoms. The highest BCUT2D eigenvalue weighted by atomic mass is 16.2. The van der Waals surface area contributed by atoms with Gasteiger partial charge in [-0.15, -0.1) is 0 Å². The van der Waals surface area contributed by atoms with E-state index in [1.165, 1.54) is 5.56 Å². The summed E-state index contributed by atoms with van der Waals surface area (Å²) in [5, 5.41) is 5.63. The van der Waals surface area contributed by atoms with Gasteiger partial charge in [0.1, 0.15) is 0 Å². The summed E-state index contributed by atoms with van der Waals surface area (Å²) in [6.45, 7) is 7.26. The standard InChI is InChI=1S/C22H30N4O2/c1-6-16-9-11-17(12-10-16)23-22(28)24-18-13-14-20(25(4)5)19(15-18)21(27)26(7-2)8-3/h9-15H,6-8H2,1-5H3,(H2,23,24,28). The molecule has 2 N–H and O–H groups in total. The summed E-state index contributed by atoms with van der Waals surface area (Å²) in [7, 11) is 3.79. The molecule has 0 unspecified atom stereocenters. The number of nitrogens with one attached hydrogen (secondary N) is 2. The van der Waals surface area contributed by atoms with Gasteiger partial charge in [0.2, 0.25) is 0 Å². The molecule has 6 nitrogen and oxygen atoms in total. The zero-order valence-electron chi connectivity index (χ0n) is 17.4. The number of carbonyl (C=O) groups is 2. The van der Waals surface area contributed by atoms with E-state index in [2.05, 4.69) is 17.6 Å². The first-order valence-corrected chi connectivity index (χ1v) is 9.67. The summed E-state index contributed by atoms with van der Waals surface area (Å²) in [6.07, 6.45) is 0.952. The number of hydrogen-bond donors (Lipinski definition) is 2. The molecular formula is C22H30N4O2. The first-order chi connectivity index (χ1) is 13.4. The van der Waals surface area contributed by atoms with Gasteiger partial charge in [-0.2, -0.15) is 0 Å². The Hall–Kier alpha value is -3.02. The molecule has 2 rings (SSSR count). The molecular weight excluding hydrogens is 352 g/mol. The average molecular weight is 383 g/mol. The fourth-order valence-electron chi connectivity index (χ4n) is 2.97. The topological polar surface area (TPSA) is 64.7 Å². The minimum Gasteiger partial charge on any atom is -0.377 e. The van der Waals surface area contributed by atoms with Crippen molar-refractivity contribution in [1.82, 2.24) is 4.90 Å². The fourth-order valence-corrected chi connectivity index (χ4v) is 2.97. The number of anilines is 3. The van der Waals surface area contributed by atoms with Crippen LogP contribution in [0.3, 0.4) is 0 Å². The number of amides is 3. The molecule has 0 heterocycles. The third-order valence-electron chi connectivity index (χ3n) is 4.64. The molecule has 0 bridgehead atoms. The van der Waals surface area contributed by atoms with Crippen LogP contribution >= 0.6 is 0 Å². The molecule has 6 heteroatoms. The van der Waals surface area contributed by atoms with Crippen molar-refractivity contribution in [1.29, 1.82) is 0 Å². The molecule has 0 saturated heterocycles. The monoisotopic (exact) mass is 382 g/mol. The average Bonchev–Trinajstić information content (AvgIpc) is 2.69. The Morgan fingerprint density at radius 2 is 1.43 bits per heavy atom. The Labute approximate surface area is 167 Å². The van der Waals surface area contributed by atoms with Crippen LogP contribution in [-0.4, -0.2) is 44.0 Å². The van der Waals surface area contributed by atoms with E-state index in [1.54, 1.807) is 17.0 Å². The molecule has 3 amide bonds. The van der Waals surface area contributed by atoms with E-state index in [9.17, 15) is 9.59 Å². The van der Waals surface area contributed by atoms with E-state index >= 15 is 0 Å². The van der Waals surface area contributed by atoms with Gasteiger partial charge in [-0.1, -0.05) is 19.1 Å². The number of aryl methyl sites for hydroxylation is 1. The molecule has 0 aliphatic rings. The van der Waals surface area contributed by atoms with Crippen LogP contribution in [0.5, 0.6) is 0 Å². The van der Waals surface area contributed by atoms with Crippen LogP contribution in [0, 0.1) is 0 Å². The quantitative estimate of drug-likeness (QED) is 0.744. The molecule has 2 aromatic rings. The van der Waals surface area contributed by atoms with Crippen molar-refractivity contribution in [3.8, 4) is 0 Å². The van der Waals surface area contributed by atoms with E-state index in [0.717, 1.165) is 17.8 Å². The Morgan fingerprint density at radius 1 is 0.857 bits per heavy atom. The number of nitrogens with zero attached hydrogens (tertiary/aromatic N) is 2. The van der Waals surface area contributed by atoms with Gasteiger partial charge in [0.15, 0.2) is 0 Å². The summed E-state index contributed by atoms with van der Waals surface area (Å²) in [4.78, 5) is 28.9. The predicted octanol–water partition coefficient (Wildman–Crippen LogP) is 4.44. The van der Waals surface area contributed by atoms with Gasteiger partial charge in [-0.3, -0.25) is 4.79 Å². The molecule has 0 saturated carbocycles. The van der Waals surface area contributed by atoms with Crippen molar-refractivity contribution in [3.63, 3.8) is 0 Å². The van der Waals surface area contributed by atoms with Gasteiger partial charge in [0.25, 0.3) is 5.91 Å². The predicted molar refractivity (Wildman–Crippen MR) is 116 cm³/mol. The number of hydrogen-bond acceptors (Lipinski definition) is 3. The molecule has 0 atom stereocenters. The van der Waals surface area contributed by atoms with Crippen molar-refractivity contribution >= 4 is 29.0 Å². The highest BCUT2D eigenvalue weighted by Crippen LogP contribution is 2.25. The van der Waals surface area contributed by atoms with Crippen molar-refractivity contribution in [2.45, 2.75) is 27.2 Å². The second-order valence-electron chi connectivity index (χ2n) is 6.73. The second-order valence-corrected chi connectivity index (χ2v) is 6.73. The maximum Gasteiger partial charge on any atom is 0.323 e. The highest BCUT2D eigenvalue weighted by molar-refractivity contribution is 6.04. The van der Waals surface area contributed by atoms with Gasteiger partial charge in [0.05, 0.1) is 5.56 Å². The number of rotatable bonds is 7. The van der Waals surface area contributed by atoms with Crippen LogP contribution in [0.15, 0.2) is 42.5 Å². The van der Waals surface area contributed by atoms with Gasteiger partial charge in [-0.25, -0.2) is 4.79 Å². The first kappa shape index (κ1) is 21.3. The van der Waals surface area contributed by atoms with Gasteiger partial charge in [-0.05, 0) is 56.2 Å². The first-order valence-electron chi connectivity index (χ1n) is 9.67. The smallest absolute Gasteiger partial charge is 0.323 e. The van der Waals surface area contributed by atoms with E-state index in [1.807, 2.05) is 63.2 Å². The Morgan fingerprint density at radius 3 is 1.96 bits per heavy atom. The number of benzene rings is 2. The van der Waals surface area contributed by atoms with Gasteiger partial charge < -0.3 is 20.4 Å². The summed E-state index contributed by atoms with van der Waals surface area (Å²) < 4.78 is 0. The summed E-state index contributed by atoms with van der Waals surface area (Å²) >= 11 is 0.